The fourth-order valence-electron chi connectivity index (χ4n) is 3.99. The number of carbonyl (C=O) groups excluding carboxylic acids is 3. The quantitative estimate of drug-likeness (QED) is 0.149. The van der Waals surface area contributed by atoms with Crippen molar-refractivity contribution in [2.75, 3.05) is 17.8 Å². The monoisotopic (exact) mass is 649 g/mol. The van der Waals surface area contributed by atoms with Crippen LogP contribution in [0.4, 0.5) is 13.2 Å². The molecule has 2 aliphatic heterocycles. The zero-order valence-electron chi connectivity index (χ0n) is 21.3. The molecular formula is C23H22F3N5O6S4. The first-order chi connectivity index (χ1) is 19.3. The predicted octanol–water partition coefficient (Wildman–Crippen LogP) is 2.71. The maximum absolute atomic E-state index is 13.0. The van der Waals surface area contributed by atoms with Gasteiger partial charge in [0.25, 0.3) is 5.91 Å². The highest BCUT2D eigenvalue weighted by molar-refractivity contribution is 8.01. The number of β-lactam (4-membered cyclic amide) rings is 1. The van der Waals surface area contributed by atoms with Crippen LogP contribution in [0.2, 0.25) is 0 Å². The van der Waals surface area contributed by atoms with Crippen molar-refractivity contribution in [2.45, 2.75) is 40.7 Å². The van der Waals surface area contributed by atoms with Crippen molar-refractivity contribution in [3.8, 4) is 5.75 Å². The largest absolute Gasteiger partial charge is 0.491 e. The number of alkyl halides is 3. The number of carboxylic acids is 1. The minimum atomic E-state index is -5.18. The van der Waals surface area contributed by atoms with E-state index in [1.54, 1.807) is 13.2 Å². The zero-order valence-corrected chi connectivity index (χ0v) is 24.5. The van der Waals surface area contributed by atoms with E-state index in [1.807, 2.05) is 0 Å². The first-order valence-corrected chi connectivity index (χ1v) is 15.9. The van der Waals surface area contributed by atoms with Gasteiger partial charge in [-0.1, -0.05) is 29.2 Å². The molecule has 0 spiro atoms. The number of rotatable bonds is 10. The molecule has 4 rings (SSSR count). The zero-order chi connectivity index (χ0) is 30.1. The van der Waals surface area contributed by atoms with Crippen molar-refractivity contribution in [1.29, 1.82) is 0 Å². The number of nitrogens with one attached hydrogen (secondary N) is 1. The number of hydrogen-bond donors (Lipinski definition) is 3. The lowest BCUT2D eigenvalue weighted by Crippen LogP contribution is -2.71. The molecule has 3 atom stereocenters. The molecule has 41 heavy (non-hydrogen) atoms. The van der Waals surface area contributed by atoms with E-state index in [2.05, 4.69) is 20.3 Å². The second kappa shape index (κ2) is 12.6. The van der Waals surface area contributed by atoms with Gasteiger partial charge in [-0.05, 0) is 36.4 Å². The number of esters is 1. The number of carbonyl (C=O) groups is 4. The molecular weight excluding hydrogens is 628 g/mol. The van der Waals surface area contributed by atoms with Crippen LogP contribution in [0.5, 0.6) is 5.75 Å². The first kappa shape index (κ1) is 31.1. The number of amides is 2. The molecule has 11 nitrogen and oxygen atoms in total. The summed E-state index contributed by atoms with van der Waals surface area (Å²) in [6.45, 7) is 1.80. The molecule has 2 amide bonds. The van der Waals surface area contributed by atoms with Crippen LogP contribution in [0.15, 0.2) is 33.8 Å². The third kappa shape index (κ3) is 6.82. The van der Waals surface area contributed by atoms with Crippen LogP contribution in [-0.2, 0) is 24.9 Å². The molecule has 3 heterocycles. The number of thioether (sulfide) groups is 3. The molecule has 1 saturated heterocycles. The number of ether oxygens (including phenoxy) is 1. The number of nitrogens with zero attached hydrogens (tertiary/aromatic N) is 3. The van der Waals surface area contributed by atoms with Crippen LogP contribution in [-0.4, -0.2) is 79.3 Å². The van der Waals surface area contributed by atoms with Crippen LogP contribution < -0.4 is 15.8 Å². The average Bonchev–Trinajstić information content (AvgIpc) is 3.34. The smallest absolute Gasteiger partial charge is 0.477 e. The van der Waals surface area contributed by atoms with Crippen molar-refractivity contribution in [3.63, 3.8) is 0 Å². The lowest BCUT2D eigenvalue weighted by atomic mass is 10.0. The fraction of sp³-hybridized carbons (Fsp3) is 0.391. The molecule has 1 aromatic heterocycles. The van der Waals surface area contributed by atoms with E-state index in [-0.39, 0.29) is 28.3 Å². The Labute approximate surface area is 247 Å². The van der Waals surface area contributed by atoms with Crippen molar-refractivity contribution in [1.82, 2.24) is 20.4 Å². The molecule has 0 aliphatic carbocycles. The molecule has 1 fully saturated rings. The van der Waals surface area contributed by atoms with Gasteiger partial charge in [-0.2, -0.15) is 24.9 Å². The Morgan fingerprint density at radius 2 is 2.02 bits per heavy atom. The molecule has 0 saturated carbocycles. The van der Waals surface area contributed by atoms with E-state index in [0.29, 0.717) is 21.4 Å². The summed E-state index contributed by atoms with van der Waals surface area (Å²) < 4.78 is 43.1. The third-order valence-corrected chi connectivity index (χ3v) is 9.88. The molecule has 4 N–H and O–H groups in total. The summed E-state index contributed by atoms with van der Waals surface area (Å²) in [6.07, 6.45) is -3.50. The second-order valence-electron chi connectivity index (χ2n) is 8.69. The summed E-state index contributed by atoms with van der Waals surface area (Å²) in [4.78, 5) is 50.5. The maximum Gasteiger partial charge on any atom is 0.491 e. The summed E-state index contributed by atoms with van der Waals surface area (Å²) in [6, 6.07) is 1.41. The first-order valence-electron chi connectivity index (χ1n) is 11.6. The van der Waals surface area contributed by atoms with Gasteiger partial charge in [-0.15, -0.1) is 22.0 Å². The summed E-state index contributed by atoms with van der Waals surface area (Å²) in [7, 11) is 0. The summed E-state index contributed by atoms with van der Waals surface area (Å²) in [5, 5.41) is 20.5. The molecule has 2 aliphatic rings. The van der Waals surface area contributed by atoms with Crippen LogP contribution >= 0.6 is 46.6 Å². The number of fused-ring (bicyclic) bond motifs is 1. The van der Waals surface area contributed by atoms with Gasteiger partial charge in [-0.3, -0.25) is 14.5 Å². The van der Waals surface area contributed by atoms with Crippen LogP contribution in [0.25, 0.3) is 0 Å². The summed E-state index contributed by atoms with van der Waals surface area (Å²) in [5.41, 5.74) is 6.95. The highest BCUT2D eigenvalue weighted by Crippen LogP contribution is 2.42. The second-order valence-corrected chi connectivity index (χ2v) is 13.1. The Morgan fingerprint density at radius 3 is 2.63 bits per heavy atom. The summed E-state index contributed by atoms with van der Waals surface area (Å²) >= 11 is 5.24. The van der Waals surface area contributed by atoms with Crippen molar-refractivity contribution < 1.29 is 42.2 Å². The Balaban J connectivity index is 1.44. The van der Waals surface area contributed by atoms with E-state index in [1.165, 1.54) is 58.8 Å². The molecule has 2 aromatic rings. The van der Waals surface area contributed by atoms with Gasteiger partial charge in [0.15, 0.2) is 4.34 Å². The number of benzene rings is 1. The Morgan fingerprint density at radius 1 is 1.29 bits per heavy atom. The predicted molar refractivity (Wildman–Crippen MR) is 147 cm³/mol. The molecule has 220 valence electrons. The molecule has 1 aromatic carbocycles. The Kier molecular flexibility index (Phi) is 9.57. The number of hydrogen-bond acceptors (Lipinski definition) is 12. The highest BCUT2D eigenvalue weighted by atomic mass is 32.2. The van der Waals surface area contributed by atoms with E-state index < -0.39 is 47.4 Å². The Hall–Kier alpha value is -2.80. The van der Waals surface area contributed by atoms with Gasteiger partial charge >= 0.3 is 18.1 Å². The van der Waals surface area contributed by atoms with Crippen LogP contribution in [0.1, 0.15) is 22.2 Å². The van der Waals surface area contributed by atoms with Crippen molar-refractivity contribution in [2.24, 2.45) is 5.73 Å². The van der Waals surface area contributed by atoms with Gasteiger partial charge in [0.2, 0.25) is 5.91 Å². The normalized spacial score (nSPS) is 19.4. The lowest BCUT2D eigenvalue weighted by molar-refractivity contribution is -0.189. The number of nitrogens with two attached hydrogens (primary N) is 1. The van der Waals surface area contributed by atoms with E-state index in [9.17, 15) is 37.5 Å². The SMILES string of the molecule is CSCc1cc(C(N)C(=O)NC2C(=O)N3C(C(=O)O)=C(CSc4nnc(C)s4)CSC23)ccc1OC(=O)C(F)(F)F. The highest BCUT2D eigenvalue weighted by Gasteiger charge is 2.54. The topological polar surface area (TPSA) is 165 Å². The minimum Gasteiger partial charge on any atom is -0.477 e. The maximum atomic E-state index is 13.0. The number of aliphatic carboxylic acids is 1. The van der Waals surface area contributed by atoms with E-state index in [4.69, 9.17) is 5.73 Å². The fourth-order valence-corrected chi connectivity index (χ4v) is 7.83. The van der Waals surface area contributed by atoms with Gasteiger partial charge < -0.3 is 20.9 Å². The molecule has 0 bridgehead atoms. The summed E-state index contributed by atoms with van der Waals surface area (Å²) in [5.74, 6) is -4.52. The van der Waals surface area contributed by atoms with Crippen molar-refractivity contribution >= 4 is 70.4 Å². The number of carboxylic acid groups (broad SMARTS) is 1. The van der Waals surface area contributed by atoms with Gasteiger partial charge in [0, 0.05) is 22.8 Å². The number of aromatic nitrogens is 2. The van der Waals surface area contributed by atoms with E-state index in [0.717, 1.165) is 16.0 Å². The average molecular weight is 650 g/mol. The third-order valence-electron chi connectivity index (χ3n) is 5.89. The van der Waals surface area contributed by atoms with Crippen LogP contribution in [0.3, 0.4) is 0 Å². The molecule has 3 unspecified atom stereocenters. The molecule has 18 heteroatoms. The molecule has 0 radical (unpaired) electrons. The van der Waals surface area contributed by atoms with Crippen LogP contribution in [0, 0.1) is 6.92 Å². The van der Waals surface area contributed by atoms with Gasteiger partial charge in [-0.25, -0.2) is 9.59 Å². The number of aryl methyl sites for hydroxylation is 1. The minimum absolute atomic E-state index is 0.131. The van der Waals surface area contributed by atoms with E-state index >= 15 is 0 Å². The number of halogens is 3. The van der Waals surface area contributed by atoms with Crippen molar-refractivity contribution in [3.05, 3.63) is 45.6 Å². The van der Waals surface area contributed by atoms with Gasteiger partial charge in [0.1, 0.15) is 33.9 Å². The van der Waals surface area contributed by atoms with Gasteiger partial charge in [0.05, 0.1) is 0 Å². The Bertz CT molecular complexity index is 1420. The standard InChI is InChI=1S/C23H22F3N5O6S4/c1-9-29-30-22(41-9)40-8-12-7-39-19-15(18(33)31(19)16(12)20(34)35)28-17(32)14(27)10-3-4-13(11(5-10)6-38-2)37-21(36)23(24,25)26/h3-5,14-15,19H,6-8,27H2,1-2H3,(H,28,32)(H,34,35). The lowest BCUT2D eigenvalue weighted by Gasteiger charge is -2.49.